The molecule has 0 aromatic heterocycles. The summed E-state index contributed by atoms with van der Waals surface area (Å²) in [5.41, 5.74) is 0.897. The predicted molar refractivity (Wildman–Crippen MR) is 79.4 cm³/mol. The van der Waals surface area contributed by atoms with Gasteiger partial charge in [0.1, 0.15) is 0 Å². The molecule has 0 bridgehead atoms. The van der Waals surface area contributed by atoms with Crippen LogP contribution in [0, 0.1) is 0 Å². The molecule has 0 atom stereocenters. The molecular formula is C13H21ClN2O2S. The van der Waals surface area contributed by atoms with Crippen molar-refractivity contribution in [3.05, 3.63) is 34.9 Å². The van der Waals surface area contributed by atoms with Crippen molar-refractivity contribution in [3.8, 4) is 0 Å². The maximum Gasteiger partial charge on any atom is 0.281 e. The quantitative estimate of drug-likeness (QED) is 0.777. The van der Waals surface area contributed by atoms with Gasteiger partial charge in [-0.15, -0.1) is 0 Å². The van der Waals surface area contributed by atoms with Gasteiger partial charge in [-0.05, 0) is 24.1 Å². The summed E-state index contributed by atoms with van der Waals surface area (Å²) in [6, 6.07) is 7.29. The number of unbranched alkanes of at least 4 members (excludes halogenated alkanes) is 1. The SMILES string of the molecule is CCCCN(Cc1cccc(Cl)c1)S(=O)(=O)N(C)C. The molecule has 108 valence electrons. The molecule has 1 aromatic carbocycles. The minimum atomic E-state index is -3.40. The summed E-state index contributed by atoms with van der Waals surface area (Å²) in [4.78, 5) is 0. The van der Waals surface area contributed by atoms with E-state index in [0.29, 0.717) is 18.1 Å². The maximum atomic E-state index is 12.2. The smallest absolute Gasteiger partial charge is 0.195 e. The number of benzene rings is 1. The average Bonchev–Trinajstić information content (AvgIpc) is 2.34. The van der Waals surface area contributed by atoms with E-state index < -0.39 is 10.2 Å². The summed E-state index contributed by atoms with van der Waals surface area (Å²) >= 11 is 5.93. The highest BCUT2D eigenvalue weighted by atomic mass is 35.5. The number of rotatable bonds is 7. The lowest BCUT2D eigenvalue weighted by atomic mass is 10.2. The van der Waals surface area contributed by atoms with Crippen molar-refractivity contribution in [2.75, 3.05) is 20.6 Å². The van der Waals surface area contributed by atoms with Crippen LogP contribution >= 0.6 is 11.6 Å². The van der Waals surface area contributed by atoms with Gasteiger partial charge < -0.3 is 0 Å². The van der Waals surface area contributed by atoms with Gasteiger partial charge in [0.2, 0.25) is 0 Å². The zero-order valence-electron chi connectivity index (χ0n) is 11.6. The van der Waals surface area contributed by atoms with Crippen LogP contribution in [0.5, 0.6) is 0 Å². The van der Waals surface area contributed by atoms with Gasteiger partial charge in [-0.3, -0.25) is 0 Å². The molecule has 0 radical (unpaired) electrons. The van der Waals surface area contributed by atoms with Crippen molar-refractivity contribution in [3.63, 3.8) is 0 Å². The van der Waals surface area contributed by atoms with Crippen molar-refractivity contribution >= 4 is 21.8 Å². The first kappa shape index (κ1) is 16.4. The molecule has 4 nitrogen and oxygen atoms in total. The van der Waals surface area contributed by atoms with Crippen molar-refractivity contribution in [2.24, 2.45) is 0 Å². The summed E-state index contributed by atoms with van der Waals surface area (Å²) in [6.07, 6.45) is 1.79. The van der Waals surface area contributed by atoms with Gasteiger partial charge in [-0.25, -0.2) is 0 Å². The monoisotopic (exact) mass is 304 g/mol. The summed E-state index contributed by atoms with van der Waals surface area (Å²) in [5.74, 6) is 0. The van der Waals surface area contributed by atoms with Crippen LogP contribution < -0.4 is 0 Å². The van der Waals surface area contributed by atoms with Crippen LogP contribution in [-0.4, -0.2) is 37.7 Å². The Morgan fingerprint density at radius 3 is 2.47 bits per heavy atom. The average molecular weight is 305 g/mol. The third kappa shape index (κ3) is 4.76. The van der Waals surface area contributed by atoms with Crippen LogP contribution in [0.1, 0.15) is 25.3 Å². The highest BCUT2D eigenvalue weighted by molar-refractivity contribution is 7.86. The number of nitrogens with zero attached hydrogens (tertiary/aromatic N) is 2. The second-order valence-corrected chi connectivity index (χ2v) is 7.19. The van der Waals surface area contributed by atoms with Gasteiger partial charge in [0, 0.05) is 32.2 Å². The molecule has 0 N–H and O–H groups in total. The molecule has 0 aliphatic heterocycles. The lowest BCUT2D eigenvalue weighted by Crippen LogP contribution is -2.40. The molecule has 6 heteroatoms. The molecule has 19 heavy (non-hydrogen) atoms. The third-order valence-corrected chi connectivity index (χ3v) is 4.92. The first-order valence-electron chi connectivity index (χ1n) is 6.30. The lowest BCUT2D eigenvalue weighted by Gasteiger charge is -2.25. The van der Waals surface area contributed by atoms with Crippen molar-refractivity contribution < 1.29 is 8.42 Å². The maximum absolute atomic E-state index is 12.2. The van der Waals surface area contributed by atoms with Crippen molar-refractivity contribution in [1.82, 2.24) is 8.61 Å². The van der Waals surface area contributed by atoms with Gasteiger partial charge in [-0.1, -0.05) is 37.1 Å². The zero-order chi connectivity index (χ0) is 14.5. The molecule has 1 aromatic rings. The molecule has 0 aliphatic rings. The molecular weight excluding hydrogens is 284 g/mol. The van der Waals surface area contributed by atoms with E-state index in [1.54, 1.807) is 26.2 Å². The zero-order valence-corrected chi connectivity index (χ0v) is 13.2. The molecule has 1 rings (SSSR count). The fourth-order valence-corrected chi connectivity index (χ4v) is 3.03. The Bertz CT molecular complexity index is 503. The first-order valence-corrected chi connectivity index (χ1v) is 8.07. The van der Waals surface area contributed by atoms with Crippen LogP contribution in [0.25, 0.3) is 0 Å². The first-order chi connectivity index (χ1) is 8.87. The summed E-state index contributed by atoms with van der Waals surface area (Å²) in [7, 11) is -0.303. The topological polar surface area (TPSA) is 40.6 Å². The molecule has 0 spiro atoms. The Kier molecular flexibility index (Phi) is 6.26. The summed E-state index contributed by atoms with van der Waals surface area (Å²) in [6.45, 7) is 2.91. The standard InChI is InChI=1S/C13H21ClN2O2S/c1-4-5-9-16(19(17,18)15(2)3)11-12-7-6-8-13(14)10-12/h6-8,10H,4-5,9,11H2,1-3H3. The molecule has 0 unspecified atom stereocenters. The van der Waals surface area contributed by atoms with E-state index in [0.717, 1.165) is 18.4 Å². The molecule has 0 saturated carbocycles. The van der Waals surface area contributed by atoms with Gasteiger partial charge in [0.15, 0.2) is 0 Å². The van der Waals surface area contributed by atoms with E-state index in [2.05, 4.69) is 0 Å². The van der Waals surface area contributed by atoms with Gasteiger partial charge in [0.25, 0.3) is 10.2 Å². The van der Waals surface area contributed by atoms with Gasteiger partial charge in [0.05, 0.1) is 0 Å². The fraction of sp³-hybridized carbons (Fsp3) is 0.538. The van der Waals surface area contributed by atoms with E-state index >= 15 is 0 Å². The summed E-state index contributed by atoms with van der Waals surface area (Å²) < 4.78 is 27.2. The van der Waals surface area contributed by atoms with Gasteiger partial charge in [-0.2, -0.15) is 17.0 Å². The Morgan fingerprint density at radius 1 is 1.26 bits per heavy atom. The van der Waals surface area contributed by atoms with E-state index in [1.165, 1.54) is 8.61 Å². The number of hydrogen-bond donors (Lipinski definition) is 0. The predicted octanol–water partition coefficient (Wildman–Crippen LogP) is 2.75. The molecule has 0 heterocycles. The van der Waals surface area contributed by atoms with Crippen LogP contribution in [0.2, 0.25) is 5.02 Å². The third-order valence-electron chi connectivity index (χ3n) is 2.80. The van der Waals surface area contributed by atoms with Crippen LogP contribution in [0.15, 0.2) is 24.3 Å². The van der Waals surface area contributed by atoms with Crippen molar-refractivity contribution in [1.29, 1.82) is 0 Å². The van der Waals surface area contributed by atoms with E-state index in [1.807, 2.05) is 19.1 Å². The normalized spacial score (nSPS) is 12.3. The molecule has 0 fully saturated rings. The van der Waals surface area contributed by atoms with Crippen LogP contribution in [-0.2, 0) is 16.8 Å². The Hall–Kier alpha value is -0.620. The molecule has 0 aliphatic carbocycles. The van der Waals surface area contributed by atoms with E-state index in [4.69, 9.17) is 11.6 Å². The fourth-order valence-electron chi connectivity index (χ4n) is 1.68. The Morgan fingerprint density at radius 2 is 1.95 bits per heavy atom. The highest BCUT2D eigenvalue weighted by Gasteiger charge is 2.23. The van der Waals surface area contributed by atoms with Crippen molar-refractivity contribution in [2.45, 2.75) is 26.3 Å². The lowest BCUT2D eigenvalue weighted by molar-refractivity contribution is 0.364. The van der Waals surface area contributed by atoms with E-state index in [-0.39, 0.29) is 0 Å². The second-order valence-electron chi connectivity index (χ2n) is 4.61. The molecule has 0 amide bonds. The second kappa shape index (κ2) is 7.24. The van der Waals surface area contributed by atoms with Crippen LogP contribution in [0.4, 0.5) is 0 Å². The Labute approximate surface area is 121 Å². The highest BCUT2D eigenvalue weighted by Crippen LogP contribution is 2.16. The van der Waals surface area contributed by atoms with Gasteiger partial charge >= 0.3 is 0 Å². The Balaban J connectivity index is 2.92. The number of hydrogen-bond acceptors (Lipinski definition) is 2. The largest absolute Gasteiger partial charge is 0.281 e. The van der Waals surface area contributed by atoms with Crippen LogP contribution in [0.3, 0.4) is 0 Å². The molecule has 0 saturated heterocycles. The number of halogens is 1. The minimum Gasteiger partial charge on any atom is -0.195 e. The van der Waals surface area contributed by atoms with E-state index in [9.17, 15) is 8.42 Å². The summed E-state index contributed by atoms with van der Waals surface area (Å²) in [5, 5.41) is 0.621. The minimum absolute atomic E-state index is 0.348.